The number of phenols is 1. The maximum atomic E-state index is 10.9. The van der Waals surface area contributed by atoms with Crippen molar-refractivity contribution < 1.29 is 10.2 Å². The third-order valence-electron chi connectivity index (χ3n) is 4.54. The van der Waals surface area contributed by atoms with Crippen LogP contribution in [0.25, 0.3) is 0 Å². The minimum Gasteiger partial charge on any atom is -0.507 e. The van der Waals surface area contributed by atoms with Gasteiger partial charge in [-0.3, -0.25) is 4.90 Å². The number of hydrogen-bond acceptors (Lipinski definition) is 3. The maximum absolute atomic E-state index is 10.9. The van der Waals surface area contributed by atoms with Crippen LogP contribution in [0.5, 0.6) is 5.75 Å². The molecule has 0 bridgehead atoms. The normalized spacial score (nSPS) is 13.6. The third kappa shape index (κ3) is 5.22. The van der Waals surface area contributed by atoms with Crippen molar-refractivity contribution in [3.05, 3.63) is 28.8 Å². The molecule has 24 heavy (non-hydrogen) atoms. The van der Waals surface area contributed by atoms with Gasteiger partial charge in [-0.1, -0.05) is 53.7 Å². The maximum Gasteiger partial charge on any atom is 0.123 e. The minimum atomic E-state index is -0.121. The van der Waals surface area contributed by atoms with E-state index >= 15 is 0 Å². The van der Waals surface area contributed by atoms with Crippen molar-refractivity contribution in [2.24, 2.45) is 0 Å². The van der Waals surface area contributed by atoms with Crippen LogP contribution in [0.15, 0.2) is 12.1 Å². The number of rotatable bonds is 4. The van der Waals surface area contributed by atoms with E-state index in [9.17, 15) is 10.2 Å². The second-order valence-electron chi connectivity index (χ2n) is 9.85. The summed E-state index contributed by atoms with van der Waals surface area (Å²) in [4.78, 5) is 2.21. The lowest BCUT2D eigenvalue weighted by molar-refractivity contribution is 0.0974. The lowest BCUT2D eigenvalue weighted by Gasteiger charge is -2.36. The summed E-state index contributed by atoms with van der Waals surface area (Å²) >= 11 is 0. The number of aliphatic hydroxyl groups is 1. The van der Waals surface area contributed by atoms with E-state index < -0.39 is 0 Å². The smallest absolute Gasteiger partial charge is 0.123 e. The summed E-state index contributed by atoms with van der Waals surface area (Å²) in [6.07, 6.45) is 0. The number of aliphatic hydroxyl groups excluding tert-OH is 1. The van der Waals surface area contributed by atoms with Gasteiger partial charge in [0.15, 0.2) is 0 Å². The zero-order chi connectivity index (χ0) is 18.9. The van der Waals surface area contributed by atoms with Gasteiger partial charge in [-0.2, -0.15) is 0 Å². The van der Waals surface area contributed by atoms with Crippen LogP contribution in [-0.2, 0) is 17.4 Å². The van der Waals surface area contributed by atoms with Crippen LogP contribution in [0.4, 0.5) is 0 Å². The van der Waals surface area contributed by atoms with Crippen molar-refractivity contribution in [3.8, 4) is 5.75 Å². The first-order valence-corrected chi connectivity index (χ1v) is 8.90. The molecule has 0 saturated carbocycles. The van der Waals surface area contributed by atoms with Crippen LogP contribution in [-0.4, -0.2) is 33.8 Å². The Morgan fingerprint density at radius 1 is 0.875 bits per heavy atom. The van der Waals surface area contributed by atoms with E-state index in [2.05, 4.69) is 79.3 Å². The highest BCUT2D eigenvalue weighted by Gasteiger charge is 2.27. The molecule has 0 aliphatic rings. The van der Waals surface area contributed by atoms with E-state index in [1.54, 1.807) is 0 Å². The fourth-order valence-electron chi connectivity index (χ4n) is 2.80. The average molecular weight is 336 g/mol. The summed E-state index contributed by atoms with van der Waals surface area (Å²) in [6.45, 7) is 20.7. The molecule has 3 heteroatoms. The van der Waals surface area contributed by atoms with Gasteiger partial charge in [-0.25, -0.2) is 0 Å². The van der Waals surface area contributed by atoms with Crippen LogP contribution in [0, 0.1) is 0 Å². The van der Waals surface area contributed by atoms with Gasteiger partial charge in [0.2, 0.25) is 0 Å². The zero-order valence-corrected chi connectivity index (χ0v) is 17.1. The van der Waals surface area contributed by atoms with E-state index in [0.29, 0.717) is 18.8 Å². The molecule has 0 spiro atoms. The van der Waals surface area contributed by atoms with Crippen molar-refractivity contribution in [1.82, 2.24) is 4.90 Å². The molecule has 0 aliphatic heterocycles. The van der Waals surface area contributed by atoms with Gasteiger partial charge in [-0.15, -0.1) is 0 Å². The molecule has 0 heterocycles. The van der Waals surface area contributed by atoms with Gasteiger partial charge < -0.3 is 10.2 Å². The first kappa shape index (κ1) is 21.0. The predicted octanol–water partition coefficient (Wildman–Crippen LogP) is 4.58. The lowest BCUT2D eigenvalue weighted by atomic mass is 9.78. The molecular formula is C21H37NO2. The van der Waals surface area contributed by atoms with Crippen LogP contribution in [0.1, 0.15) is 79.0 Å². The zero-order valence-electron chi connectivity index (χ0n) is 17.1. The average Bonchev–Trinajstić information content (AvgIpc) is 2.36. The van der Waals surface area contributed by atoms with Gasteiger partial charge in [0.1, 0.15) is 5.75 Å². The molecule has 1 rings (SSSR count). The fourth-order valence-corrected chi connectivity index (χ4v) is 2.80. The first-order valence-electron chi connectivity index (χ1n) is 8.90. The molecule has 0 aromatic heterocycles. The van der Waals surface area contributed by atoms with Crippen LogP contribution < -0.4 is 0 Å². The molecule has 1 aromatic carbocycles. The molecule has 3 nitrogen and oxygen atoms in total. The highest BCUT2D eigenvalue weighted by molar-refractivity contribution is 5.48. The Morgan fingerprint density at radius 3 is 1.79 bits per heavy atom. The fraction of sp³-hybridized carbons (Fsp3) is 0.714. The monoisotopic (exact) mass is 335 g/mol. The van der Waals surface area contributed by atoms with E-state index in [4.69, 9.17) is 0 Å². The summed E-state index contributed by atoms with van der Waals surface area (Å²) in [5, 5.41) is 20.3. The second kappa shape index (κ2) is 7.05. The summed E-state index contributed by atoms with van der Waals surface area (Å²) in [6, 6.07) is 4.27. The highest BCUT2D eigenvalue weighted by Crippen LogP contribution is 2.38. The molecule has 1 aromatic rings. The Morgan fingerprint density at radius 2 is 1.42 bits per heavy atom. The van der Waals surface area contributed by atoms with Crippen LogP contribution in [0.3, 0.4) is 0 Å². The lowest BCUT2D eigenvalue weighted by Crippen LogP contribution is -2.42. The molecule has 0 unspecified atom stereocenters. The molecule has 0 saturated heterocycles. The quantitative estimate of drug-likeness (QED) is 0.846. The van der Waals surface area contributed by atoms with E-state index in [-0.39, 0.29) is 23.0 Å². The van der Waals surface area contributed by atoms with Crippen molar-refractivity contribution in [3.63, 3.8) is 0 Å². The highest BCUT2D eigenvalue weighted by atomic mass is 16.3. The number of nitrogens with zero attached hydrogens (tertiary/aromatic N) is 1. The Hall–Kier alpha value is -1.06. The molecule has 0 radical (unpaired) electrons. The molecule has 0 amide bonds. The Balaban J connectivity index is 3.46. The summed E-state index contributed by atoms with van der Waals surface area (Å²) in [5.41, 5.74) is 2.99. The SMILES string of the molecule is CC(C)(C)c1cc(CN(CCO)C(C)(C)C)c(O)c(C(C)(C)C)c1. The second-order valence-corrected chi connectivity index (χ2v) is 9.85. The van der Waals surface area contributed by atoms with E-state index in [1.165, 1.54) is 5.56 Å². The minimum absolute atomic E-state index is 0.0198. The van der Waals surface area contributed by atoms with Gasteiger partial charge in [-0.05, 0) is 42.7 Å². The number of hydrogen-bond donors (Lipinski definition) is 2. The molecular weight excluding hydrogens is 298 g/mol. The van der Waals surface area contributed by atoms with Crippen molar-refractivity contribution in [2.75, 3.05) is 13.2 Å². The Bertz CT molecular complexity index is 557. The van der Waals surface area contributed by atoms with Crippen molar-refractivity contribution >= 4 is 0 Å². The molecule has 0 aliphatic carbocycles. The summed E-state index contributed by atoms with van der Waals surface area (Å²) in [7, 11) is 0. The summed E-state index contributed by atoms with van der Waals surface area (Å²) in [5.74, 6) is 0.391. The number of β-amino-alcohol motifs (C(OH)–C–C–N with tert-alkyl or cyclic N) is 1. The van der Waals surface area contributed by atoms with Crippen LogP contribution >= 0.6 is 0 Å². The van der Waals surface area contributed by atoms with Gasteiger partial charge in [0.25, 0.3) is 0 Å². The standard InChI is InChI=1S/C21H37NO2/c1-19(2,3)16-12-15(14-22(10-11-23)21(7,8)9)18(24)17(13-16)20(4,5)6/h12-13,23-24H,10-11,14H2,1-9H3. The third-order valence-corrected chi connectivity index (χ3v) is 4.54. The van der Waals surface area contributed by atoms with E-state index in [1.807, 2.05) is 0 Å². The van der Waals surface area contributed by atoms with Gasteiger partial charge in [0.05, 0.1) is 6.61 Å². The number of aromatic hydroxyl groups is 1. The predicted molar refractivity (Wildman–Crippen MR) is 103 cm³/mol. The molecule has 138 valence electrons. The number of phenolic OH excluding ortho intramolecular Hbond substituents is 1. The largest absolute Gasteiger partial charge is 0.507 e. The Labute approximate surface area is 148 Å². The first-order chi connectivity index (χ1) is 10.7. The van der Waals surface area contributed by atoms with Gasteiger partial charge >= 0.3 is 0 Å². The number of benzene rings is 1. The molecule has 2 N–H and O–H groups in total. The van der Waals surface area contributed by atoms with Crippen molar-refractivity contribution in [1.29, 1.82) is 0 Å². The summed E-state index contributed by atoms with van der Waals surface area (Å²) < 4.78 is 0. The van der Waals surface area contributed by atoms with E-state index in [0.717, 1.165) is 11.1 Å². The van der Waals surface area contributed by atoms with Gasteiger partial charge in [0, 0.05) is 24.2 Å². The molecule has 0 fully saturated rings. The van der Waals surface area contributed by atoms with Crippen molar-refractivity contribution in [2.45, 2.75) is 85.2 Å². The van der Waals surface area contributed by atoms with Crippen LogP contribution in [0.2, 0.25) is 0 Å². The topological polar surface area (TPSA) is 43.7 Å². The Kier molecular flexibility index (Phi) is 6.16. The molecule has 0 atom stereocenters.